The van der Waals surface area contributed by atoms with Crippen molar-refractivity contribution in [2.45, 2.75) is 104 Å². The van der Waals surface area contributed by atoms with Crippen LogP contribution in [0.25, 0.3) is 0 Å². The third kappa shape index (κ3) is 16.1. The molecule has 3 nitrogen and oxygen atoms in total. The van der Waals surface area contributed by atoms with Crippen LogP contribution in [0.15, 0.2) is 0 Å². The number of halogens is 1. The SMILES string of the molecule is CCCCCCCCCCCCOC(=O)C(C)NC(C)C.Cl. The molecule has 0 spiro atoms. The zero-order valence-electron chi connectivity index (χ0n) is 15.2. The summed E-state index contributed by atoms with van der Waals surface area (Å²) in [5, 5.41) is 3.16. The van der Waals surface area contributed by atoms with Gasteiger partial charge in [0.05, 0.1) is 6.61 Å². The zero-order valence-corrected chi connectivity index (χ0v) is 16.0. The van der Waals surface area contributed by atoms with Crippen LogP contribution in [-0.2, 0) is 9.53 Å². The number of rotatable bonds is 14. The molecule has 0 fully saturated rings. The molecule has 4 heteroatoms. The van der Waals surface area contributed by atoms with E-state index in [0.717, 1.165) is 6.42 Å². The van der Waals surface area contributed by atoms with Gasteiger partial charge in [0.25, 0.3) is 0 Å². The molecule has 0 saturated carbocycles. The van der Waals surface area contributed by atoms with Crippen LogP contribution in [0, 0.1) is 0 Å². The van der Waals surface area contributed by atoms with Crippen molar-refractivity contribution in [1.82, 2.24) is 5.32 Å². The van der Waals surface area contributed by atoms with Crippen molar-refractivity contribution in [3.8, 4) is 0 Å². The first-order chi connectivity index (χ1) is 10.1. The lowest BCUT2D eigenvalue weighted by Crippen LogP contribution is -2.39. The monoisotopic (exact) mass is 335 g/mol. The molecule has 22 heavy (non-hydrogen) atoms. The van der Waals surface area contributed by atoms with Crippen molar-refractivity contribution in [1.29, 1.82) is 0 Å². The van der Waals surface area contributed by atoms with Gasteiger partial charge in [-0.3, -0.25) is 4.79 Å². The molecule has 0 aliphatic heterocycles. The summed E-state index contributed by atoms with van der Waals surface area (Å²) in [6.07, 6.45) is 13.0. The standard InChI is InChI=1S/C18H37NO2.ClH/c1-5-6-7-8-9-10-11-12-13-14-15-21-18(20)17(4)19-16(2)3;/h16-17,19H,5-15H2,1-4H3;1H. The molecule has 0 radical (unpaired) electrons. The fourth-order valence-corrected chi connectivity index (χ4v) is 2.46. The molecule has 134 valence electrons. The molecule has 0 aromatic rings. The van der Waals surface area contributed by atoms with Gasteiger partial charge in [0.1, 0.15) is 6.04 Å². The highest BCUT2D eigenvalue weighted by molar-refractivity contribution is 5.85. The second-order valence-electron chi connectivity index (χ2n) is 6.39. The van der Waals surface area contributed by atoms with E-state index in [2.05, 4.69) is 12.2 Å². The smallest absolute Gasteiger partial charge is 0.322 e. The van der Waals surface area contributed by atoms with Gasteiger partial charge in [-0.2, -0.15) is 0 Å². The minimum Gasteiger partial charge on any atom is -0.465 e. The van der Waals surface area contributed by atoms with Crippen molar-refractivity contribution in [3.63, 3.8) is 0 Å². The topological polar surface area (TPSA) is 38.3 Å². The minimum atomic E-state index is -0.201. The summed E-state index contributed by atoms with van der Waals surface area (Å²) in [5.74, 6) is -0.125. The van der Waals surface area contributed by atoms with Crippen LogP contribution in [0.4, 0.5) is 0 Å². The van der Waals surface area contributed by atoms with Crippen molar-refractivity contribution in [2.24, 2.45) is 0 Å². The third-order valence-corrected chi connectivity index (χ3v) is 3.68. The third-order valence-electron chi connectivity index (χ3n) is 3.68. The van der Waals surface area contributed by atoms with Gasteiger partial charge in [-0.15, -0.1) is 12.4 Å². The number of hydrogen-bond donors (Lipinski definition) is 1. The maximum atomic E-state index is 11.7. The van der Waals surface area contributed by atoms with Gasteiger partial charge in [0.2, 0.25) is 0 Å². The second kappa shape index (κ2) is 17.1. The van der Waals surface area contributed by atoms with Crippen LogP contribution < -0.4 is 5.32 Å². The number of esters is 1. The predicted molar refractivity (Wildman–Crippen MR) is 97.8 cm³/mol. The molecule has 1 unspecified atom stereocenters. The summed E-state index contributed by atoms with van der Waals surface area (Å²) in [6.45, 7) is 8.75. The van der Waals surface area contributed by atoms with Gasteiger partial charge >= 0.3 is 5.97 Å². The van der Waals surface area contributed by atoms with Gasteiger partial charge in [-0.25, -0.2) is 0 Å². The Hall–Kier alpha value is -0.280. The van der Waals surface area contributed by atoms with E-state index in [1.807, 2.05) is 20.8 Å². The molecule has 0 amide bonds. The van der Waals surface area contributed by atoms with E-state index in [4.69, 9.17) is 4.74 Å². The lowest BCUT2D eigenvalue weighted by molar-refractivity contribution is -0.146. The maximum absolute atomic E-state index is 11.7. The summed E-state index contributed by atoms with van der Waals surface area (Å²) in [6, 6.07) is 0.109. The minimum absolute atomic E-state index is 0. The van der Waals surface area contributed by atoms with Gasteiger partial charge in [-0.1, -0.05) is 78.6 Å². The number of carbonyl (C=O) groups excluding carboxylic acids is 1. The Morgan fingerprint density at radius 2 is 1.32 bits per heavy atom. The van der Waals surface area contributed by atoms with E-state index >= 15 is 0 Å². The fourth-order valence-electron chi connectivity index (χ4n) is 2.46. The number of unbranched alkanes of at least 4 members (excludes halogenated alkanes) is 9. The van der Waals surface area contributed by atoms with E-state index in [1.165, 1.54) is 57.8 Å². The molecular formula is C18H38ClNO2. The molecular weight excluding hydrogens is 298 g/mol. The number of hydrogen-bond acceptors (Lipinski definition) is 3. The Morgan fingerprint density at radius 1 is 0.864 bits per heavy atom. The highest BCUT2D eigenvalue weighted by atomic mass is 35.5. The van der Waals surface area contributed by atoms with Crippen LogP contribution in [0.5, 0.6) is 0 Å². The fraction of sp³-hybridized carbons (Fsp3) is 0.944. The first kappa shape index (κ1) is 24.0. The van der Waals surface area contributed by atoms with Gasteiger partial charge in [-0.05, 0) is 13.3 Å². The Kier molecular flexibility index (Phi) is 18.6. The quantitative estimate of drug-likeness (QED) is 0.347. The van der Waals surface area contributed by atoms with E-state index in [-0.39, 0.29) is 24.4 Å². The lowest BCUT2D eigenvalue weighted by atomic mass is 10.1. The molecule has 0 bridgehead atoms. The van der Waals surface area contributed by atoms with Crippen molar-refractivity contribution < 1.29 is 9.53 Å². The highest BCUT2D eigenvalue weighted by Crippen LogP contribution is 2.10. The van der Waals surface area contributed by atoms with E-state index in [0.29, 0.717) is 12.6 Å². The van der Waals surface area contributed by atoms with Gasteiger partial charge in [0.15, 0.2) is 0 Å². The number of nitrogens with one attached hydrogen (secondary N) is 1. The van der Waals surface area contributed by atoms with E-state index < -0.39 is 0 Å². The zero-order chi connectivity index (χ0) is 15.9. The molecule has 1 N–H and O–H groups in total. The maximum Gasteiger partial charge on any atom is 0.322 e. The average molecular weight is 336 g/mol. The van der Waals surface area contributed by atoms with Crippen molar-refractivity contribution in [2.75, 3.05) is 6.61 Å². The van der Waals surface area contributed by atoms with Crippen LogP contribution >= 0.6 is 12.4 Å². The highest BCUT2D eigenvalue weighted by Gasteiger charge is 2.14. The van der Waals surface area contributed by atoms with Crippen LogP contribution in [-0.4, -0.2) is 24.7 Å². The Labute approximate surface area is 144 Å². The van der Waals surface area contributed by atoms with E-state index in [1.54, 1.807) is 0 Å². The van der Waals surface area contributed by atoms with E-state index in [9.17, 15) is 4.79 Å². The molecule has 0 rings (SSSR count). The van der Waals surface area contributed by atoms with Gasteiger partial charge < -0.3 is 10.1 Å². The number of ether oxygens (including phenoxy) is 1. The molecule has 0 saturated heterocycles. The first-order valence-corrected chi connectivity index (χ1v) is 9.00. The first-order valence-electron chi connectivity index (χ1n) is 9.00. The summed E-state index contributed by atoms with van der Waals surface area (Å²) < 4.78 is 5.28. The van der Waals surface area contributed by atoms with Crippen molar-refractivity contribution in [3.05, 3.63) is 0 Å². The summed E-state index contributed by atoms with van der Waals surface area (Å²) in [7, 11) is 0. The van der Waals surface area contributed by atoms with Crippen LogP contribution in [0.3, 0.4) is 0 Å². The van der Waals surface area contributed by atoms with Crippen molar-refractivity contribution >= 4 is 18.4 Å². The summed E-state index contributed by atoms with van der Waals surface area (Å²) in [4.78, 5) is 11.7. The predicted octanol–water partition coefficient (Wildman–Crippen LogP) is 5.26. The normalized spacial score (nSPS) is 12.0. The second-order valence-corrected chi connectivity index (χ2v) is 6.39. The van der Waals surface area contributed by atoms with Crippen LogP contribution in [0.2, 0.25) is 0 Å². The van der Waals surface area contributed by atoms with Gasteiger partial charge in [0, 0.05) is 6.04 Å². The Balaban J connectivity index is 0. The average Bonchev–Trinajstić information content (AvgIpc) is 2.43. The summed E-state index contributed by atoms with van der Waals surface area (Å²) >= 11 is 0. The summed E-state index contributed by atoms with van der Waals surface area (Å²) in [5.41, 5.74) is 0. The molecule has 0 aliphatic rings. The Bertz CT molecular complexity index is 247. The lowest BCUT2D eigenvalue weighted by Gasteiger charge is -2.15. The molecule has 0 aromatic carbocycles. The van der Waals surface area contributed by atoms with Crippen LogP contribution in [0.1, 0.15) is 91.9 Å². The largest absolute Gasteiger partial charge is 0.465 e. The Morgan fingerprint density at radius 3 is 1.77 bits per heavy atom. The number of carbonyl (C=O) groups is 1. The molecule has 0 heterocycles. The molecule has 0 aromatic heterocycles. The molecule has 0 aliphatic carbocycles. The molecule has 1 atom stereocenters.